The number of aliphatic hydroxyl groups excluding tert-OH is 1. The van der Waals surface area contributed by atoms with Crippen LogP contribution in [0.5, 0.6) is 0 Å². The fraction of sp³-hybridized carbons (Fsp3) is 0.250. The SMILES string of the molecule is CCO.CN1C(=N)/C(=C\[N-]NC(=O)c2ccccc2)C(=O)N(C)C1=O.O.O=[N+]([O-])[O-].[Cu+2]. The van der Waals surface area contributed by atoms with Crippen LogP contribution in [0.15, 0.2) is 42.1 Å². The summed E-state index contributed by atoms with van der Waals surface area (Å²) in [5.41, 5.74) is 6.28. The minimum Gasteiger partial charge on any atom is -0.601 e. The number of hydrogen-bond acceptors (Lipinski definition) is 8. The van der Waals surface area contributed by atoms with Crippen LogP contribution < -0.4 is 5.43 Å². The van der Waals surface area contributed by atoms with Gasteiger partial charge in [-0.3, -0.25) is 24.8 Å². The van der Waals surface area contributed by atoms with E-state index in [1.165, 1.54) is 14.1 Å². The molecule has 0 aliphatic carbocycles. The Bertz CT molecular complexity index is 760. The molecule has 1 aliphatic heterocycles. The van der Waals surface area contributed by atoms with Crippen LogP contribution in [0.3, 0.4) is 0 Å². The first-order valence-corrected chi connectivity index (χ1v) is 7.90. The number of aliphatic hydroxyl groups is 1. The molecule has 0 atom stereocenters. The molecular weight excluding hydrogens is 468 g/mol. The van der Waals surface area contributed by atoms with Gasteiger partial charge in [-0.25, -0.2) is 4.79 Å². The van der Waals surface area contributed by atoms with E-state index in [1.54, 1.807) is 37.3 Å². The second-order valence-electron chi connectivity index (χ2n) is 5.07. The van der Waals surface area contributed by atoms with E-state index in [1.807, 2.05) is 0 Å². The van der Waals surface area contributed by atoms with Gasteiger partial charge in [0.2, 0.25) is 5.91 Å². The molecule has 31 heavy (non-hydrogen) atoms. The van der Waals surface area contributed by atoms with E-state index in [9.17, 15) is 14.4 Å². The predicted octanol–water partition coefficient (Wildman–Crippen LogP) is 0.0224. The fourth-order valence-electron chi connectivity index (χ4n) is 1.80. The van der Waals surface area contributed by atoms with E-state index in [0.29, 0.717) is 5.56 Å². The summed E-state index contributed by atoms with van der Waals surface area (Å²) in [6, 6.07) is 7.84. The number of amidine groups is 1. The summed E-state index contributed by atoms with van der Waals surface area (Å²) in [7, 11) is 2.69. The van der Waals surface area contributed by atoms with E-state index >= 15 is 0 Å². The average Bonchev–Trinajstić information content (AvgIpc) is 2.68. The Kier molecular flexibility index (Phi) is 16.9. The monoisotopic (exact) mass is 489 g/mol. The fourth-order valence-corrected chi connectivity index (χ4v) is 1.80. The van der Waals surface area contributed by atoms with E-state index in [-0.39, 0.29) is 40.6 Å². The second kappa shape index (κ2) is 16.3. The van der Waals surface area contributed by atoms with Crippen molar-refractivity contribution in [2.45, 2.75) is 6.92 Å². The number of hydrogen-bond donors (Lipinski definition) is 3. The Hall–Kier alpha value is -3.52. The maximum atomic E-state index is 11.9. The number of carbonyl (C=O) groups is 3. The number of imide groups is 1. The molecule has 0 spiro atoms. The first-order chi connectivity index (χ1) is 13.6. The first kappa shape index (κ1) is 32.2. The third-order valence-electron chi connectivity index (χ3n) is 3.10. The molecule has 15 heteroatoms. The maximum absolute atomic E-state index is 11.9. The number of nitrogens with zero attached hydrogens (tertiary/aromatic N) is 4. The number of carbonyl (C=O) groups excluding carboxylic acids is 3. The average molecular weight is 490 g/mol. The van der Waals surface area contributed by atoms with Crippen LogP contribution in [0.2, 0.25) is 0 Å². The number of amides is 4. The molecule has 4 amide bonds. The molecule has 1 aromatic carbocycles. The molecule has 1 heterocycles. The van der Waals surface area contributed by atoms with Crippen LogP contribution in [-0.2, 0) is 21.9 Å². The van der Waals surface area contributed by atoms with Crippen molar-refractivity contribution < 1.29 is 47.1 Å². The molecule has 1 fully saturated rings. The number of benzene rings is 1. The normalized spacial score (nSPS) is 13.4. The van der Waals surface area contributed by atoms with Crippen molar-refractivity contribution >= 4 is 23.7 Å². The molecule has 1 aliphatic rings. The minimum atomic E-state index is -1.75. The molecule has 2 rings (SSSR count). The van der Waals surface area contributed by atoms with Crippen molar-refractivity contribution in [3.8, 4) is 0 Å². The van der Waals surface area contributed by atoms with Crippen molar-refractivity contribution in [3.05, 3.63) is 68.4 Å². The van der Waals surface area contributed by atoms with Gasteiger partial charge in [0.25, 0.3) is 5.91 Å². The van der Waals surface area contributed by atoms with Crippen molar-refractivity contribution in [1.29, 1.82) is 5.41 Å². The van der Waals surface area contributed by atoms with Crippen molar-refractivity contribution in [2.75, 3.05) is 20.7 Å². The zero-order valence-corrected chi connectivity index (χ0v) is 17.6. The molecule has 175 valence electrons. The summed E-state index contributed by atoms with van der Waals surface area (Å²) < 4.78 is 0. The van der Waals surface area contributed by atoms with E-state index < -0.39 is 22.9 Å². The zero-order valence-electron chi connectivity index (χ0n) is 16.7. The van der Waals surface area contributed by atoms with Crippen LogP contribution in [0, 0.1) is 20.7 Å². The van der Waals surface area contributed by atoms with Crippen LogP contribution in [0.25, 0.3) is 5.43 Å². The Balaban J connectivity index is -0.000000767. The van der Waals surface area contributed by atoms with Gasteiger partial charge in [0.05, 0.1) is 10.7 Å². The van der Waals surface area contributed by atoms with Crippen molar-refractivity contribution in [3.63, 3.8) is 0 Å². The first-order valence-electron chi connectivity index (χ1n) is 7.90. The molecule has 1 radical (unpaired) electrons. The summed E-state index contributed by atoms with van der Waals surface area (Å²) in [5, 5.41) is 30.1. The molecule has 1 aromatic rings. The van der Waals surface area contributed by atoms with Gasteiger partial charge in [-0.2, -0.15) is 0 Å². The Labute approximate surface area is 187 Å². The number of nitrogens with one attached hydrogen (secondary N) is 2. The second-order valence-corrected chi connectivity index (χ2v) is 5.07. The third kappa shape index (κ3) is 10.7. The predicted molar refractivity (Wildman–Crippen MR) is 106 cm³/mol. The Morgan fingerprint density at radius 3 is 2.13 bits per heavy atom. The van der Waals surface area contributed by atoms with Gasteiger partial charge in [-0.1, -0.05) is 18.2 Å². The topological polar surface area (TPSA) is 226 Å². The van der Waals surface area contributed by atoms with E-state index in [2.05, 4.69) is 10.9 Å². The molecule has 5 N–H and O–H groups in total. The quantitative estimate of drug-likeness (QED) is 0.228. The van der Waals surface area contributed by atoms with Gasteiger partial charge in [0.15, 0.2) is 0 Å². The van der Waals surface area contributed by atoms with Gasteiger partial charge in [0.1, 0.15) is 5.84 Å². The molecule has 0 unspecified atom stereocenters. The van der Waals surface area contributed by atoms with Gasteiger partial charge < -0.3 is 36.8 Å². The Morgan fingerprint density at radius 2 is 1.68 bits per heavy atom. The van der Waals surface area contributed by atoms with Crippen LogP contribution >= 0.6 is 0 Å². The van der Waals surface area contributed by atoms with Crippen LogP contribution in [0.1, 0.15) is 17.3 Å². The largest absolute Gasteiger partial charge is 2.00 e. The van der Waals surface area contributed by atoms with E-state index in [4.69, 9.17) is 25.8 Å². The molecule has 0 aromatic heterocycles. The molecule has 0 bridgehead atoms. The molecule has 0 saturated carbocycles. The van der Waals surface area contributed by atoms with Crippen molar-refractivity contribution in [1.82, 2.24) is 15.2 Å². The Morgan fingerprint density at radius 1 is 1.23 bits per heavy atom. The van der Waals surface area contributed by atoms with Gasteiger partial charge in [-0.05, 0) is 19.1 Å². The summed E-state index contributed by atoms with van der Waals surface area (Å²) in [6.45, 7) is 1.93. The van der Waals surface area contributed by atoms with Gasteiger partial charge in [-0.15, -0.1) is 6.20 Å². The number of rotatable bonds is 3. The van der Waals surface area contributed by atoms with Crippen LogP contribution in [0.4, 0.5) is 4.79 Å². The molecule has 14 nitrogen and oxygen atoms in total. The van der Waals surface area contributed by atoms with Crippen molar-refractivity contribution in [2.24, 2.45) is 0 Å². The smallest absolute Gasteiger partial charge is 0.601 e. The standard InChI is InChI=1S/C14H15N5O3.C2H6O.Cu.NO3.H2O/c1-18-11(15)10(13(21)19(2)14(18)22)8-16-17-12(20)9-6-4-3-5-7-9;1-2-3;;2-1(3)4;/h3-8H,1-2H3,(H3,15,16,17,20,21);3H,2H2,1H3;;;1H2/q;;+2;-1;/p-1. The maximum Gasteiger partial charge on any atom is 2.00 e. The summed E-state index contributed by atoms with van der Waals surface area (Å²) in [6.07, 6.45) is 1.06. The minimum absolute atomic E-state index is 0. The summed E-state index contributed by atoms with van der Waals surface area (Å²) >= 11 is 0. The molecule has 1 saturated heterocycles. The summed E-state index contributed by atoms with van der Waals surface area (Å²) in [4.78, 5) is 45.5. The summed E-state index contributed by atoms with van der Waals surface area (Å²) in [5.74, 6) is -1.36. The third-order valence-corrected chi connectivity index (χ3v) is 3.10. The van der Waals surface area contributed by atoms with E-state index in [0.717, 1.165) is 16.0 Å². The number of likely N-dealkylation sites (N-methyl/N-ethyl adjacent to an activating group) is 2. The number of urea groups is 1. The van der Waals surface area contributed by atoms with Gasteiger partial charge >= 0.3 is 23.1 Å². The van der Waals surface area contributed by atoms with Gasteiger partial charge in [0, 0.05) is 26.3 Å². The van der Waals surface area contributed by atoms with Crippen LogP contribution in [-0.4, -0.2) is 69.9 Å². The zero-order chi connectivity index (χ0) is 22.6. The molecular formula is C16H22CuN6O8.